The van der Waals surface area contributed by atoms with Crippen molar-refractivity contribution in [1.29, 1.82) is 0 Å². The van der Waals surface area contributed by atoms with Crippen molar-refractivity contribution in [2.24, 2.45) is 0 Å². The third-order valence-corrected chi connectivity index (χ3v) is 7.25. The van der Waals surface area contributed by atoms with Crippen molar-refractivity contribution in [2.45, 2.75) is 97.2 Å². The molecule has 4 heteroatoms. The van der Waals surface area contributed by atoms with Gasteiger partial charge in [-0.05, 0) is 62.3 Å². The monoisotopic (exact) mass is 463 g/mol. The summed E-state index contributed by atoms with van der Waals surface area (Å²) in [6.07, 6.45) is 10.7. The largest absolute Gasteiger partial charge is 0.322 e. The third kappa shape index (κ3) is 8.16. The minimum absolute atomic E-state index is 0.0135. The molecule has 1 aliphatic rings. The Hall–Kier alpha value is -2.33. The lowest BCUT2D eigenvalue weighted by Crippen LogP contribution is -2.50. The fourth-order valence-electron chi connectivity index (χ4n) is 5.09. The molecule has 0 bridgehead atoms. The van der Waals surface area contributed by atoms with Gasteiger partial charge in [0.1, 0.15) is 0 Å². The van der Waals surface area contributed by atoms with E-state index in [-0.39, 0.29) is 12.1 Å². The van der Waals surface area contributed by atoms with Crippen LogP contribution in [0.2, 0.25) is 0 Å². The average Bonchev–Trinajstić information content (AvgIpc) is 2.87. The first kappa shape index (κ1) is 26.3. The highest BCUT2D eigenvalue weighted by atomic mass is 16.2. The van der Waals surface area contributed by atoms with Gasteiger partial charge in [-0.3, -0.25) is 0 Å². The number of rotatable bonds is 12. The number of hydrogen-bond donors (Lipinski definition) is 1. The van der Waals surface area contributed by atoms with Crippen LogP contribution in [-0.2, 0) is 13.0 Å². The summed E-state index contributed by atoms with van der Waals surface area (Å²) >= 11 is 0. The highest BCUT2D eigenvalue weighted by Gasteiger charge is 2.29. The van der Waals surface area contributed by atoms with E-state index in [4.69, 9.17) is 0 Å². The Bertz CT molecular complexity index is 828. The van der Waals surface area contributed by atoms with Crippen LogP contribution >= 0.6 is 0 Å². The molecule has 1 N–H and O–H groups in total. The molecule has 4 nitrogen and oxygen atoms in total. The van der Waals surface area contributed by atoms with Crippen LogP contribution in [0.4, 0.5) is 10.5 Å². The molecule has 2 amide bonds. The molecule has 0 aliphatic carbocycles. The van der Waals surface area contributed by atoms with Gasteiger partial charge in [0, 0.05) is 37.4 Å². The van der Waals surface area contributed by atoms with Gasteiger partial charge >= 0.3 is 6.03 Å². The van der Waals surface area contributed by atoms with Crippen molar-refractivity contribution in [3.8, 4) is 0 Å². The lowest BCUT2D eigenvalue weighted by atomic mass is 10.00. The van der Waals surface area contributed by atoms with Gasteiger partial charge in [-0.2, -0.15) is 0 Å². The Morgan fingerprint density at radius 2 is 1.65 bits per heavy atom. The molecule has 1 unspecified atom stereocenters. The number of aryl methyl sites for hydroxylation is 1. The number of urea groups is 1. The molecule has 0 spiro atoms. The van der Waals surface area contributed by atoms with E-state index in [1.54, 1.807) is 0 Å². The summed E-state index contributed by atoms with van der Waals surface area (Å²) in [5.41, 5.74) is 3.42. The van der Waals surface area contributed by atoms with E-state index >= 15 is 0 Å². The summed E-state index contributed by atoms with van der Waals surface area (Å²) in [6, 6.07) is 19.7. The molecule has 1 heterocycles. The number of nitrogens with zero attached hydrogens (tertiary/aromatic N) is 2. The maximum absolute atomic E-state index is 13.5. The zero-order valence-electron chi connectivity index (χ0n) is 21.6. The topological polar surface area (TPSA) is 35.6 Å². The molecule has 186 valence electrons. The predicted molar refractivity (Wildman–Crippen MR) is 144 cm³/mol. The van der Waals surface area contributed by atoms with E-state index in [1.807, 2.05) is 6.07 Å². The van der Waals surface area contributed by atoms with Crippen LogP contribution in [0.3, 0.4) is 0 Å². The van der Waals surface area contributed by atoms with Gasteiger partial charge in [0.25, 0.3) is 0 Å². The standard InChI is InChI=1S/C30H45N3O/c1-4-6-7-9-13-26-16-18-28(19-17-26)31-30(34)33(24-27-14-10-8-11-15-27)29-20-22-32(23-21-29)25(3)12-5-2/h8,10-11,14-19,25,29H,4-7,9,12-13,20-24H2,1-3H3,(H,31,34). The Labute approximate surface area is 207 Å². The van der Waals surface area contributed by atoms with Gasteiger partial charge in [-0.15, -0.1) is 0 Å². The van der Waals surface area contributed by atoms with Crippen molar-refractivity contribution in [2.75, 3.05) is 18.4 Å². The van der Waals surface area contributed by atoms with E-state index in [2.05, 4.69) is 84.4 Å². The van der Waals surface area contributed by atoms with Crippen molar-refractivity contribution >= 4 is 11.7 Å². The van der Waals surface area contributed by atoms with E-state index in [0.29, 0.717) is 12.6 Å². The highest BCUT2D eigenvalue weighted by molar-refractivity contribution is 5.89. The lowest BCUT2D eigenvalue weighted by Gasteiger charge is -2.40. The van der Waals surface area contributed by atoms with Gasteiger partial charge in [0.2, 0.25) is 0 Å². The molecule has 0 saturated carbocycles. The van der Waals surface area contributed by atoms with E-state index in [9.17, 15) is 4.79 Å². The highest BCUT2D eigenvalue weighted by Crippen LogP contribution is 2.23. The van der Waals surface area contributed by atoms with E-state index in [1.165, 1.54) is 49.7 Å². The van der Waals surface area contributed by atoms with Crippen LogP contribution in [-0.4, -0.2) is 41.0 Å². The second-order valence-electron chi connectivity index (χ2n) is 9.96. The molecular weight excluding hydrogens is 418 g/mol. The third-order valence-electron chi connectivity index (χ3n) is 7.25. The second kappa shape index (κ2) is 14.2. The molecule has 2 aromatic carbocycles. The minimum atomic E-state index is 0.0135. The minimum Gasteiger partial charge on any atom is -0.317 e. The van der Waals surface area contributed by atoms with E-state index in [0.717, 1.165) is 38.0 Å². The van der Waals surface area contributed by atoms with Crippen molar-refractivity contribution in [3.05, 3.63) is 65.7 Å². The summed E-state index contributed by atoms with van der Waals surface area (Å²) < 4.78 is 0. The van der Waals surface area contributed by atoms with Gasteiger partial charge in [0.15, 0.2) is 0 Å². The lowest BCUT2D eigenvalue weighted by molar-refractivity contribution is 0.0989. The molecule has 1 fully saturated rings. The normalized spacial score (nSPS) is 15.7. The zero-order valence-corrected chi connectivity index (χ0v) is 21.6. The van der Waals surface area contributed by atoms with E-state index < -0.39 is 0 Å². The Balaban J connectivity index is 1.62. The number of amides is 2. The number of likely N-dealkylation sites (tertiary alicyclic amines) is 1. The molecule has 0 radical (unpaired) electrons. The Kier molecular flexibility index (Phi) is 10.9. The first-order valence-electron chi connectivity index (χ1n) is 13.5. The van der Waals surface area contributed by atoms with Crippen LogP contribution in [0.25, 0.3) is 0 Å². The van der Waals surface area contributed by atoms with Gasteiger partial charge in [0.05, 0.1) is 0 Å². The van der Waals surface area contributed by atoms with Crippen LogP contribution in [0.15, 0.2) is 54.6 Å². The molecule has 1 aliphatic heterocycles. The molecule has 34 heavy (non-hydrogen) atoms. The fraction of sp³-hybridized carbons (Fsp3) is 0.567. The number of nitrogens with one attached hydrogen (secondary N) is 1. The number of benzene rings is 2. The Morgan fingerprint density at radius 1 is 0.941 bits per heavy atom. The number of carbonyl (C=O) groups is 1. The fourth-order valence-corrected chi connectivity index (χ4v) is 5.09. The van der Waals surface area contributed by atoms with Crippen LogP contribution in [0.1, 0.15) is 83.3 Å². The molecule has 0 aromatic heterocycles. The SMILES string of the molecule is CCCCCCc1ccc(NC(=O)N(Cc2ccccc2)C2CCN(C(C)CCC)CC2)cc1. The number of carbonyl (C=O) groups excluding carboxylic acids is 1. The average molecular weight is 464 g/mol. The quantitative estimate of drug-likeness (QED) is 0.331. The number of piperidine rings is 1. The maximum Gasteiger partial charge on any atom is 0.322 e. The summed E-state index contributed by atoms with van der Waals surface area (Å²) in [5, 5.41) is 3.19. The summed E-state index contributed by atoms with van der Waals surface area (Å²) in [4.78, 5) is 18.1. The molecule has 1 saturated heterocycles. The second-order valence-corrected chi connectivity index (χ2v) is 9.96. The first-order valence-corrected chi connectivity index (χ1v) is 13.5. The van der Waals surface area contributed by atoms with Crippen LogP contribution < -0.4 is 5.32 Å². The maximum atomic E-state index is 13.5. The zero-order chi connectivity index (χ0) is 24.2. The number of hydrogen-bond acceptors (Lipinski definition) is 2. The van der Waals surface area contributed by atoms with Crippen molar-refractivity contribution < 1.29 is 4.79 Å². The van der Waals surface area contributed by atoms with Crippen LogP contribution in [0, 0.1) is 0 Å². The summed E-state index contributed by atoms with van der Waals surface area (Å²) in [7, 11) is 0. The predicted octanol–water partition coefficient (Wildman–Crippen LogP) is 7.50. The molecular formula is C30H45N3O. The van der Waals surface area contributed by atoms with Gasteiger partial charge < -0.3 is 15.1 Å². The number of unbranched alkanes of at least 4 members (excludes halogenated alkanes) is 3. The van der Waals surface area contributed by atoms with Gasteiger partial charge in [-0.1, -0.05) is 82.0 Å². The summed E-state index contributed by atoms with van der Waals surface area (Å²) in [5.74, 6) is 0. The van der Waals surface area contributed by atoms with Crippen LogP contribution in [0.5, 0.6) is 0 Å². The summed E-state index contributed by atoms with van der Waals surface area (Å²) in [6.45, 7) is 9.63. The Morgan fingerprint density at radius 3 is 2.29 bits per heavy atom. The molecule has 1 atom stereocenters. The van der Waals surface area contributed by atoms with Crippen molar-refractivity contribution in [1.82, 2.24) is 9.80 Å². The molecule has 2 aromatic rings. The van der Waals surface area contributed by atoms with Crippen molar-refractivity contribution in [3.63, 3.8) is 0 Å². The van der Waals surface area contributed by atoms with Gasteiger partial charge in [-0.25, -0.2) is 4.79 Å². The molecule has 3 rings (SSSR count). The first-order chi connectivity index (χ1) is 16.6. The number of anilines is 1. The smallest absolute Gasteiger partial charge is 0.317 e.